The molecular formula is C21H31N7O4. The molecule has 1 saturated heterocycles. The first-order valence-electron chi connectivity index (χ1n) is 11.0. The molecule has 11 nitrogen and oxygen atoms in total. The number of rotatable bonds is 11. The van der Waals surface area contributed by atoms with Crippen LogP contribution in [0.4, 0.5) is 5.82 Å². The Kier molecular flexibility index (Phi) is 7.96. The van der Waals surface area contributed by atoms with Crippen LogP contribution in [0, 0.1) is 5.92 Å². The van der Waals surface area contributed by atoms with Gasteiger partial charge in [-0.15, -0.1) is 15.3 Å². The van der Waals surface area contributed by atoms with E-state index in [9.17, 15) is 14.4 Å². The zero-order valence-electron chi connectivity index (χ0n) is 18.8. The van der Waals surface area contributed by atoms with Gasteiger partial charge >= 0.3 is 5.97 Å². The summed E-state index contributed by atoms with van der Waals surface area (Å²) in [5.41, 5.74) is 0.586. The number of methoxy groups -OCH3 is 1. The number of nitrogens with zero attached hydrogens (tertiary/aromatic N) is 5. The predicted molar refractivity (Wildman–Crippen MR) is 117 cm³/mol. The van der Waals surface area contributed by atoms with Crippen LogP contribution >= 0.6 is 0 Å². The SMILES string of the molecule is COC(=O)C(NC(=O)CCc1nnc2ccc(NCCCN3CCCC3=O)nn12)C(C)C. The van der Waals surface area contributed by atoms with Crippen molar-refractivity contribution in [3.63, 3.8) is 0 Å². The van der Waals surface area contributed by atoms with Gasteiger partial charge < -0.3 is 20.3 Å². The molecular weight excluding hydrogens is 414 g/mol. The quantitative estimate of drug-likeness (QED) is 0.384. The fraction of sp³-hybridized carbons (Fsp3) is 0.619. The molecule has 1 aliphatic rings. The van der Waals surface area contributed by atoms with Crippen LogP contribution in [0.25, 0.3) is 5.65 Å². The number of amides is 2. The Hall–Kier alpha value is -3.24. The summed E-state index contributed by atoms with van der Waals surface area (Å²) < 4.78 is 6.36. The van der Waals surface area contributed by atoms with Gasteiger partial charge in [-0.3, -0.25) is 9.59 Å². The topological polar surface area (TPSA) is 131 Å². The van der Waals surface area contributed by atoms with Crippen molar-refractivity contribution in [2.24, 2.45) is 5.92 Å². The van der Waals surface area contributed by atoms with Gasteiger partial charge in [0.05, 0.1) is 7.11 Å². The Morgan fingerprint density at radius 3 is 2.75 bits per heavy atom. The summed E-state index contributed by atoms with van der Waals surface area (Å²) in [6, 6.07) is 2.94. The van der Waals surface area contributed by atoms with Crippen LogP contribution in [0.15, 0.2) is 12.1 Å². The second-order valence-electron chi connectivity index (χ2n) is 8.18. The Balaban J connectivity index is 1.53. The van der Waals surface area contributed by atoms with Crippen molar-refractivity contribution in [2.45, 2.75) is 52.0 Å². The van der Waals surface area contributed by atoms with E-state index in [2.05, 4.69) is 25.9 Å². The summed E-state index contributed by atoms with van der Waals surface area (Å²) >= 11 is 0. The van der Waals surface area contributed by atoms with Gasteiger partial charge in [-0.1, -0.05) is 13.8 Å². The summed E-state index contributed by atoms with van der Waals surface area (Å²) in [6.07, 6.45) is 2.90. The Morgan fingerprint density at radius 1 is 1.25 bits per heavy atom. The number of nitrogens with one attached hydrogen (secondary N) is 2. The van der Waals surface area contributed by atoms with Gasteiger partial charge in [0.2, 0.25) is 11.8 Å². The second-order valence-corrected chi connectivity index (χ2v) is 8.18. The van der Waals surface area contributed by atoms with Crippen LogP contribution in [0.3, 0.4) is 0 Å². The highest BCUT2D eigenvalue weighted by atomic mass is 16.5. The third-order valence-corrected chi connectivity index (χ3v) is 5.42. The largest absolute Gasteiger partial charge is 0.467 e. The lowest BCUT2D eigenvalue weighted by atomic mass is 10.0. The number of aromatic nitrogens is 4. The number of carbonyl (C=O) groups is 3. The molecule has 0 aromatic carbocycles. The molecule has 2 amide bonds. The second kappa shape index (κ2) is 10.9. The molecule has 2 N–H and O–H groups in total. The van der Waals surface area contributed by atoms with Gasteiger partial charge in [0.1, 0.15) is 11.9 Å². The predicted octanol–water partition coefficient (Wildman–Crippen LogP) is 0.795. The number of esters is 1. The van der Waals surface area contributed by atoms with Crippen molar-refractivity contribution < 1.29 is 19.1 Å². The molecule has 1 unspecified atom stereocenters. The highest BCUT2D eigenvalue weighted by molar-refractivity contribution is 5.84. The van der Waals surface area contributed by atoms with Crippen molar-refractivity contribution >= 4 is 29.2 Å². The lowest BCUT2D eigenvalue weighted by Gasteiger charge is -2.19. The Bertz CT molecular complexity index is 959. The van der Waals surface area contributed by atoms with Gasteiger partial charge in [-0.2, -0.15) is 4.52 Å². The summed E-state index contributed by atoms with van der Waals surface area (Å²) in [4.78, 5) is 37.7. The van der Waals surface area contributed by atoms with E-state index in [0.29, 0.717) is 36.7 Å². The third kappa shape index (κ3) is 5.92. The normalized spacial score (nSPS) is 14.8. The van der Waals surface area contributed by atoms with Gasteiger partial charge in [0.15, 0.2) is 11.5 Å². The molecule has 2 aromatic heterocycles. The monoisotopic (exact) mass is 445 g/mol. The first kappa shape index (κ1) is 23.4. The van der Waals surface area contributed by atoms with E-state index in [1.807, 2.05) is 30.9 Å². The number of hydrogen-bond donors (Lipinski definition) is 2. The summed E-state index contributed by atoms with van der Waals surface area (Å²) in [5, 5.41) is 18.7. The fourth-order valence-electron chi connectivity index (χ4n) is 3.61. The number of anilines is 1. The first-order chi connectivity index (χ1) is 15.4. The van der Waals surface area contributed by atoms with Crippen LogP contribution < -0.4 is 10.6 Å². The minimum absolute atomic E-state index is 0.0841. The molecule has 11 heteroatoms. The van der Waals surface area contributed by atoms with E-state index in [1.54, 1.807) is 4.52 Å². The number of fused-ring (bicyclic) bond motifs is 1. The van der Waals surface area contributed by atoms with Crippen LogP contribution in [0.5, 0.6) is 0 Å². The van der Waals surface area contributed by atoms with Crippen molar-refractivity contribution in [3.05, 3.63) is 18.0 Å². The number of hydrogen-bond acceptors (Lipinski definition) is 8. The first-order valence-corrected chi connectivity index (χ1v) is 11.0. The Labute approximate surface area is 186 Å². The van der Waals surface area contributed by atoms with Gasteiger partial charge in [-0.25, -0.2) is 4.79 Å². The number of ether oxygens (including phenoxy) is 1. The molecule has 2 aromatic rings. The van der Waals surface area contributed by atoms with Gasteiger partial charge in [-0.05, 0) is 30.9 Å². The molecule has 3 rings (SSSR count). The number of carbonyl (C=O) groups excluding carboxylic acids is 3. The molecule has 174 valence electrons. The third-order valence-electron chi connectivity index (χ3n) is 5.42. The zero-order chi connectivity index (χ0) is 23.1. The smallest absolute Gasteiger partial charge is 0.328 e. The van der Waals surface area contributed by atoms with Crippen LogP contribution in [0.2, 0.25) is 0 Å². The molecule has 0 spiro atoms. The molecule has 0 saturated carbocycles. The lowest BCUT2D eigenvalue weighted by molar-refractivity contribution is -0.146. The highest BCUT2D eigenvalue weighted by Gasteiger charge is 2.25. The van der Waals surface area contributed by atoms with Crippen LogP contribution in [0.1, 0.15) is 45.4 Å². The number of aryl methyl sites for hydroxylation is 1. The molecule has 3 heterocycles. The van der Waals surface area contributed by atoms with Crippen molar-refractivity contribution in [1.29, 1.82) is 0 Å². The van der Waals surface area contributed by atoms with E-state index in [0.717, 1.165) is 25.9 Å². The van der Waals surface area contributed by atoms with E-state index < -0.39 is 12.0 Å². The lowest BCUT2D eigenvalue weighted by Crippen LogP contribution is -2.45. The molecule has 1 fully saturated rings. The summed E-state index contributed by atoms with van der Waals surface area (Å²) in [5.74, 6) is 0.638. The van der Waals surface area contributed by atoms with E-state index in [1.165, 1.54) is 7.11 Å². The summed E-state index contributed by atoms with van der Waals surface area (Å²) in [6.45, 7) is 5.96. The number of likely N-dealkylation sites (tertiary alicyclic amines) is 1. The maximum atomic E-state index is 12.3. The molecule has 0 aliphatic carbocycles. The van der Waals surface area contributed by atoms with Crippen molar-refractivity contribution in [1.82, 2.24) is 30.0 Å². The van der Waals surface area contributed by atoms with E-state index in [4.69, 9.17) is 4.74 Å². The molecule has 1 aliphatic heterocycles. The Morgan fingerprint density at radius 2 is 2.06 bits per heavy atom. The maximum absolute atomic E-state index is 12.3. The molecule has 0 radical (unpaired) electrons. The maximum Gasteiger partial charge on any atom is 0.328 e. The standard InChI is InChI=1S/C21H31N7O4/c1-14(2)20(21(31)32-3)23-18(29)10-9-17-25-24-16-8-7-15(26-28(16)17)22-11-5-13-27-12-4-6-19(27)30/h7-8,14,20H,4-6,9-13H2,1-3H3,(H,22,26)(H,23,29). The average Bonchev–Trinajstić information content (AvgIpc) is 3.38. The molecule has 0 bridgehead atoms. The summed E-state index contributed by atoms with van der Waals surface area (Å²) in [7, 11) is 1.30. The molecule has 32 heavy (non-hydrogen) atoms. The van der Waals surface area contributed by atoms with E-state index >= 15 is 0 Å². The minimum Gasteiger partial charge on any atom is -0.467 e. The highest BCUT2D eigenvalue weighted by Crippen LogP contribution is 2.11. The van der Waals surface area contributed by atoms with E-state index in [-0.39, 0.29) is 24.2 Å². The minimum atomic E-state index is -0.688. The van der Waals surface area contributed by atoms with Crippen molar-refractivity contribution in [2.75, 3.05) is 32.1 Å². The fourth-order valence-corrected chi connectivity index (χ4v) is 3.61. The zero-order valence-corrected chi connectivity index (χ0v) is 18.8. The van der Waals surface area contributed by atoms with Gasteiger partial charge in [0.25, 0.3) is 0 Å². The van der Waals surface area contributed by atoms with Gasteiger partial charge in [0, 0.05) is 38.9 Å². The van der Waals surface area contributed by atoms with Crippen molar-refractivity contribution in [3.8, 4) is 0 Å². The molecule has 1 atom stereocenters. The van der Waals surface area contributed by atoms with Crippen LogP contribution in [-0.4, -0.2) is 75.3 Å². The van der Waals surface area contributed by atoms with Crippen LogP contribution in [-0.2, 0) is 25.5 Å². The average molecular weight is 446 g/mol.